The Bertz CT molecular complexity index is 1540. The number of aromatic nitrogens is 3. The quantitative estimate of drug-likeness (QED) is 0.436. The summed E-state index contributed by atoms with van der Waals surface area (Å²) >= 11 is 0. The Kier molecular flexibility index (Phi) is 6.33. The summed E-state index contributed by atoms with van der Waals surface area (Å²) in [6.07, 6.45) is 1.05. The fraction of sp³-hybridized carbons (Fsp3) is 0.531. The first-order chi connectivity index (χ1) is 20.0. The molecule has 1 amide bonds. The first-order valence-electron chi connectivity index (χ1n) is 15.0. The maximum absolute atomic E-state index is 14.5. The minimum Gasteiger partial charge on any atom is -0.320 e. The second-order valence-electron chi connectivity index (χ2n) is 13.2. The zero-order valence-corrected chi connectivity index (χ0v) is 24.3. The Morgan fingerprint density at radius 3 is 2.62 bits per heavy atom. The number of fused-ring (bicyclic) bond motifs is 1. The second kappa shape index (κ2) is 9.64. The van der Waals surface area contributed by atoms with Crippen LogP contribution in [0.1, 0.15) is 84.0 Å². The van der Waals surface area contributed by atoms with Crippen LogP contribution in [0, 0.1) is 11.3 Å². The highest BCUT2D eigenvalue weighted by Crippen LogP contribution is 2.52. The predicted octanol–water partition coefficient (Wildman–Crippen LogP) is 5.46. The molecule has 1 N–H and O–H groups in total. The van der Waals surface area contributed by atoms with E-state index >= 15 is 0 Å². The molecule has 1 aromatic heterocycles. The van der Waals surface area contributed by atoms with Crippen molar-refractivity contribution < 1.29 is 18.0 Å². The normalized spacial score (nSPS) is 28.5. The number of alkyl halides is 3. The van der Waals surface area contributed by atoms with Gasteiger partial charge in [0.05, 0.1) is 17.5 Å². The topological polar surface area (TPSA) is 66.3 Å². The molecule has 0 bridgehead atoms. The number of benzene rings is 2. The van der Waals surface area contributed by atoms with Crippen molar-refractivity contribution in [3.8, 4) is 0 Å². The summed E-state index contributed by atoms with van der Waals surface area (Å²) in [7, 11) is 1.93. The number of hydrogen-bond donors (Lipinski definition) is 1. The highest BCUT2D eigenvalue weighted by molar-refractivity contribution is 6.10. The van der Waals surface area contributed by atoms with E-state index < -0.39 is 11.7 Å². The first-order valence-corrected chi connectivity index (χ1v) is 15.0. The van der Waals surface area contributed by atoms with Gasteiger partial charge in [-0.15, -0.1) is 10.2 Å². The van der Waals surface area contributed by atoms with E-state index in [0.717, 1.165) is 63.3 Å². The molecule has 7 rings (SSSR count). The molecule has 2 aromatic carbocycles. The van der Waals surface area contributed by atoms with E-state index in [-0.39, 0.29) is 40.5 Å². The van der Waals surface area contributed by atoms with E-state index in [1.807, 2.05) is 42.8 Å². The number of likely N-dealkylation sites (tertiary alicyclic amines) is 1. The van der Waals surface area contributed by atoms with Crippen molar-refractivity contribution >= 4 is 11.6 Å². The Balaban J connectivity index is 1.22. The highest BCUT2D eigenvalue weighted by Gasteiger charge is 2.49. The van der Waals surface area contributed by atoms with Crippen molar-refractivity contribution in [2.45, 2.75) is 63.7 Å². The number of rotatable bonds is 5. The van der Waals surface area contributed by atoms with Crippen LogP contribution in [-0.2, 0) is 25.2 Å². The van der Waals surface area contributed by atoms with Crippen LogP contribution in [0.4, 0.5) is 18.9 Å². The number of anilines is 1. The first kappa shape index (κ1) is 27.6. The lowest BCUT2D eigenvalue weighted by Crippen LogP contribution is -2.43. The maximum atomic E-state index is 14.5. The van der Waals surface area contributed by atoms with E-state index in [0.29, 0.717) is 17.2 Å². The number of aryl methyl sites for hydroxylation is 1. The molecule has 3 aromatic rings. The number of carbonyl (C=O) groups excluding carboxylic acids is 1. The van der Waals surface area contributed by atoms with Gasteiger partial charge in [0.1, 0.15) is 12.2 Å². The molecule has 42 heavy (non-hydrogen) atoms. The van der Waals surface area contributed by atoms with Crippen LogP contribution in [0.2, 0.25) is 0 Å². The molecule has 4 heterocycles. The molecule has 3 fully saturated rings. The highest BCUT2D eigenvalue weighted by atomic mass is 19.4. The Hall–Kier alpha value is -3.24. The Morgan fingerprint density at radius 2 is 1.95 bits per heavy atom. The standard InChI is InChI=1S/C32H37F3N6O/c1-20-14-31(15-20,29-38-37-19-39(29)3)23-5-4-6-24(13-23)41-16-26-25(28(41)42)11-22(12-27(26)32(33,34)35)21(2)40-10-8-30(18-40)7-9-36-17-30/h4-6,11-13,19-21,36H,7-10,14-18H2,1-3H3/t20?,21-,30-,31?/m0/s1. The number of nitrogens with one attached hydrogen (secondary N) is 1. The van der Waals surface area contributed by atoms with Gasteiger partial charge in [-0.2, -0.15) is 13.2 Å². The monoisotopic (exact) mass is 578 g/mol. The Morgan fingerprint density at radius 1 is 1.14 bits per heavy atom. The van der Waals surface area contributed by atoms with E-state index in [9.17, 15) is 18.0 Å². The molecule has 0 radical (unpaired) electrons. The lowest BCUT2D eigenvalue weighted by atomic mass is 9.58. The van der Waals surface area contributed by atoms with Crippen LogP contribution in [0.3, 0.4) is 0 Å². The molecule has 10 heteroatoms. The van der Waals surface area contributed by atoms with Gasteiger partial charge in [0.2, 0.25) is 0 Å². The number of nitrogens with zero attached hydrogens (tertiary/aromatic N) is 5. The lowest BCUT2D eigenvalue weighted by molar-refractivity contribution is -0.138. The van der Waals surface area contributed by atoms with E-state index in [4.69, 9.17) is 0 Å². The van der Waals surface area contributed by atoms with Crippen molar-refractivity contribution in [2.24, 2.45) is 18.4 Å². The summed E-state index contributed by atoms with van der Waals surface area (Å²) in [5.41, 5.74) is 1.56. The molecule has 0 unspecified atom stereocenters. The molecule has 7 nitrogen and oxygen atoms in total. The number of hydrogen-bond acceptors (Lipinski definition) is 5. The van der Waals surface area contributed by atoms with E-state index in [1.165, 1.54) is 11.0 Å². The van der Waals surface area contributed by atoms with E-state index in [1.54, 1.807) is 12.4 Å². The zero-order valence-electron chi connectivity index (χ0n) is 24.3. The molecule has 2 saturated heterocycles. The van der Waals surface area contributed by atoms with Crippen molar-refractivity contribution in [2.75, 3.05) is 31.1 Å². The molecule has 222 valence electrons. The SMILES string of the molecule is CC1CC(c2cccc(N3Cc4c(cc([C@H](C)N5CC[C@]6(CCNC6)C5)cc4C(F)(F)F)C3=O)c2)(c2nncn2C)C1. The van der Waals surface area contributed by atoms with Crippen molar-refractivity contribution in [3.05, 3.63) is 76.4 Å². The molecule has 1 saturated carbocycles. The third-order valence-electron chi connectivity index (χ3n) is 10.4. The van der Waals surface area contributed by atoms with E-state index in [2.05, 4.69) is 27.3 Å². The van der Waals surface area contributed by atoms with Gasteiger partial charge in [-0.1, -0.05) is 19.1 Å². The van der Waals surface area contributed by atoms with Gasteiger partial charge in [0.25, 0.3) is 5.91 Å². The number of halogens is 3. The fourth-order valence-corrected chi connectivity index (χ4v) is 8.15. The van der Waals surface area contributed by atoms with Crippen molar-refractivity contribution in [1.29, 1.82) is 0 Å². The molecule has 4 aliphatic rings. The van der Waals surface area contributed by atoms with Crippen molar-refractivity contribution in [3.63, 3.8) is 0 Å². The third-order valence-corrected chi connectivity index (χ3v) is 10.4. The molecule has 1 spiro atoms. The summed E-state index contributed by atoms with van der Waals surface area (Å²) in [5.74, 6) is 0.992. The van der Waals surface area contributed by atoms with Crippen LogP contribution in [-0.4, -0.2) is 51.8 Å². The van der Waals surface area contributed by atoms with Crippen molar-refractivity contribution in [1.82, 2.24) is 25.0 Å². The summed E-state index contributed by atoms with van der Waals surface area (Å²) < 4.78 is 45.4. The average Bonchev–Trinajstić information content (AvgIpc) is 3.75. The van der Waals surface area contributed by atoms with Crippen LogP contribution in [0.5, 0.6) is 0 Å². The smallest absolute Gasteiger partial charge is 0.320 e. The van der Waals surface area contributed by atoms with Gasteiger partial charge in [0, 0.05) is 37.4 Å². The van der Waals surface area contributed by atoms with Crippen LogP contribution >= 0.6 is 0 Å². The van der Waals surface area contributed by atoms with Gasteiger partial charge in [-0.05, 0) is 98.0 Å². The summed E-state index contributed by atoms with van der Waals surface area (Å²) in [4.78, 5) is 17.6. The fourth-order valence-electron chi connectivity index (χ4n) is 8.15. The second-order valence-corrected chi connectivity index (χ2v) is 13.2. The van der Waals surface area contributed by atoms with Gasteiger partial charge >= 0.3 is 6.18 Å². The largest absolute Gasteiger partial charge is 0.416 e. The predicted molar refractivity (Wildman–Crippen MR) is 153 cm³/mol. The Labute approximate surface area is 244 Å². The van der Waals surface area contributed by atoms with Gasteiger partial charge in [-0.25, -0.2) is 0 Å². The van der Waals surface area contributed by atoms with Crippen LogP contribution in [0.15, 0.2) is 42.7 Å². The lowest BCUT2D eigenvalue weighted by Gasteiger charge is -2.46. The molecule has 3 aliphatic heterocycles. The summed E-state index contributed by atoms with van der Waals surface area (Å²) in [6.45, 7) is 7.71. The number of carbonyl (C=O) groups is 1. The minimum absolute atomic E-state index is 0.0621. The van der Waals surface area contributed by atoms with Gasteiger partial charge in [-0.3, -0.25) is 9.69 Å². The summed E-state index contributed by atoms with van der Waals surface area (Å²) in [6, 6.07) is 10.5. The zero-order chi connectivity index (χ0) is 29.4. The van der Waals surface area contributed by atoms with Gasteiger partial charge < -0.3 is 14.8 Å². The average molecular weight is 579 g/mol. The molecular formula is C32H37F3N6O. The molecule has 2 atom stereocenters. The van der Waals surface area contributed by atoms with Gasteiger partial charge in [0.15, 0.2) is 0 Å². The molecule has 1 aliphatic carbocycles. The summed E-state index contributed by atoms with van der Waals surface area (Å²) in [5, 5.41) is 12.0. The third kappa shape index (κ3) is 4.28. The number of amides is 1. The van der Waals surface area contributed by atoms with Crippen LogP contribution < -0.4 is 10.2 Å². The molecular weight excluding hydrogens is 541 g/mol. The maximum Gasteiger partial charge on any atom is 0.416 e. The van der Waals surface area contributed by atoms with Crippen LogP contribution in [0.25, 0.3) is 0 Å². The minimum atomic E-state index is -4.56.